The lowest BCUT2D eigenvalue weighted by atomic mass is 10.1. The summed E-state index contributed by atoms with van der Waals surface area (Å²) in [6, 6.07) is 4.91. The Morgan fingerprint density at radius 3 is 2.70 bits per heavy atom. The van der Waals surface area contributed by atoms with Crippen LogP contribution in [0.5, 0.6) is 0 Å². The maximum Gasteiger partial charge on any atom is 0.146 e. The molecule has 1 aromatic carbocycles. The van der Waals surface area contributed by atoms with Gasteiger partial charge in [-0.25, -0.2) is 4.39 Å². The number of anilines is 1. The zero-order valence-corrected chi connectivity index (χ0v) is 12.3. The van der Waals surface area contributed by atoms with Gasteiger partial charge in [-0.3, -0.25) is 0 Å². The molecule has 0 aromatic heterocycles. The van der Waals surface area contributed by atoms with Gasteiger partial charge in [-0.05, 0) is 45.1 Å². The van der Waals surface area contributed by atoms with Crippen molar-refractivity contribution in [1.82, 2.24) is 4.90 Å². The Kier molecular flexibility index (Phi) is 4.62. The van der Waals surface area contributed by atoms with Crippen LogP contribution in [0.25, 0.3) is 0 Å². The summed E-state index contributed by atoms with van der Waals surface area (Å²) in [4.78, 5) is 3.96. The Labute approximate surface area is 119 Å². The number of halogens is 1. The van der Waals surface area contributed by atoms with E-state index in [0.717, 1.165) is 6.54 Å². The number of likely N-dealkylation sites (N-methyl/N-ethyl adjacent to an activating group) is 1. The van der Waals surface area contributed by atoms with Crippen LogP contribution in [-0.4, -0.2) is 54.4 Å². The molecule has 0 radical (unpaired) electrons. The fourth-order valence-corrected chi connectivity index (χ4v) is 2.80. The first-order valence-electron chi connectivity index (χ1n) is 6.95. The molecule has 0 bridgehead atoms. The summed E-state index contributed by atoms with van der Waals surface area (Å²) in [5.41, 5.74) is 1.06. The highest BCUT2D eigenvalue weighted by Gasteiger charge is 2.32. The van der Waals surface area contributed by atoms with Gasteiger partial charge in [-0.2, -0.15) is 0 Å². The minimum atomic E-state index is -0.680. The third-order valence-electron chi connectivity index (χ3n) is 3.73. The van der Waals surface area contributed by atoms with Crippen molar-refractivity contribution in [3.05, 3.63) is 29.6 Å². The average Bonchev–Trinajstić information content (AvgIpc) is 2.68. The lowest BCUT2D eigenvalue weighted by Crippen LogP contribution is -2.38. The topological polar surface area (TPSA) is 46.9 Å². The molecule has 1 aromatic rings. The molecular formula is C15H23FN2O2. The average molecular weight is 282 g/mol. The predicted octanol–water partition coefficient (Wildman–Crippen LogP) is 1.38. The van der Waals surface area contributed by atoms with Crippen molar-refractivity contribution in [2.24, 2.45) is 0 Å². The first kappa shape index (κ1) is 15.2. The van der Waals surface area contributed by atoms with E-state index in [1.165, 1.54) is 6.07 Å². The van der Waals surface area contributed by atoms with Gasteiger partial charge in [0.05, 0.1) is 17.9 Å². The van der Waals surface area contributed by atoms with E-state index in [9.17, 15) is 14.6 Å². The first-order valence-corrected chi connectivity index (χ1v) is 6.95. The molecule has 0 amide bonds. The highest BCUT2D eigenvalue weighted by molar-refractivity contribution is 5.51. The highest BCUT2D eigenvalue weighted by atomic mass is 19.1. The van der Waals surface area contributed by atoms with Crippen molar-refractivity contribution >= 4 is 5.69 Å². The van der Waals surface area contributed by atoms with Crippen molar-refractivity contribution in [2.45, 2.75) is 31.6 Å². The van der Waals surface area contributed by atoms with Crippen LogP contribution in [0.3, 0.4) is 0 Å². The quantitative estimate of drug-likeness (QED) is 0.876. The molecule has 1 fully saturated rings. The molecule has 1 heterocycles. The van der Waals surface area contributed by atoms with Crippen LogP contribution >= 0.6 is 0 Å². The van der Waals surface area contributed by atoms with Crippen LogP contribution in [-0.2, 0) is 0 Å². The van der Waals surface area contributed by atoms with E-state index >= 15 is 0 Å². The van der Waals surface area contributed by atoms with E-state index in [-0.39, 0.29) is 11.9 Å². The normalized spacial score (nSPS) is 24.4. The molecule has 0 saturated carbocycles. The van der Waals surface area contributed by atoms with Gasteiger partial charge in [-0.1, -0.05) is 6.07 Å². The lowest BCUT2D eigenvalue weighted by molar-refractivity contribution is 0.191. The summed E-state index contributed by atoms with van der Waals surface area (Å²) in [5.74, 6) is -0.346. The second kappa shape index (κ2) is 6.08. The third kappa shape index (κ3) is 3.29. The second-order valence-corrected chi connectivity index (χ2v) is 5.84. The molecule has 20 heavy (non-hydrogen) atoms. The molecule has 1 aliphatic heterocycles. The predicted molar refractivity (Wildman–Crippen MR) is 77.3 cm³/mol. The van der Waals surface area contributed by atoms with Gasteiger partial charge >= 0.3 is 0 Å². The Hall–Kier alpha value is -1.17. The van der Waals surface area contributed by atoms with Crippen molar-refractivity contribution in [3.8, 4) is 0 Å². The number of aliphatic hydroxyl groups excluding tert-OH is 2. The third-order valence-corrected chi connectivity index (χ3v) is 3.73. The van der Waals surface area contributed by atoms with Gasteiger partial charge in [0.25, 0.3) is 0 Å². The fraction of sp³-hybridized carbons (Fsp3) is 0.600. The van der Waals surface area contributed by atoms with Crippen LogP contribution < -0.4 is 4.90 Å². The van der Waals surface area contributed by atoms with E-state index in [4.69, 9.17) is 0 Å². The second-order valence-electron chi connectivity index (χ2n) is 5.84. The molecule has 0 spiro atoms. The largest absolute Gasteiger partial charge is 0.391 e. The molecule has 0 aliphatic carbocycles. The summed E-state index contributed by atoms with van der Waals surface area (Å²) in [6.45, 7) is 2.83. The van der Waals surface area contributed by atoms with Crippen molar-refractivity contribution in [3.63, 3.8) is 0 Å². The smallest absolute Gasteiger partial charge is 0.146 e. The number of aliphatic hydroxyl groups is 2. The molecular weight excluding hydrogens is 259 g/mol. The summed E-state index contributed by atoms with van der Waals surface area (Å²) < 4.78 is 14.3. The Morgan fingerprint density at radius 2 is 2.15 bits per heavy atom. The first-order chi connectivity index (χ1) is 9.38. The maximum absolute atomic E-state index is 14.3. The molecule has 3 atom stereocenters. The highest BCUT2D eigenvalue weighted by Crippen LogP contribution is 2.30. The van der Waals surface area contributed by atoms with Crippen LogP contribution in [0.1, 0.15) is 25.0 Å². The van der Waals surface area contributed by atoms with E-state index in [1.54, 1.807) is 19.1 Å². The minimum absolute atomic E-state index is 0.104. The van der Waals surface area contributed by atoms with Gasteiger partial charge in [0.15, 0.2) is 0 Å². The maximum atomic E-state index is 14.3. The number of benzene rings is 1. The SMILES string of the molecule is C[C@H](O)c1ccc(N2CC(O)CC2CN(C)C)c(F)c1. The van der Waals surface area contributed by atoms with Gasteiger partial charge in [-0.15, -0.1) is 0 Å². The standard InChI is InChI=1S/C15H23FN2O2/c1-10(19)11-4-5-15(14(16)6-11)18-9-13(20)7-12(18)8-17(2)3/h4-6,10,12-13,19-20H,7-9H2,1-3H3/t10-,12?,13?/m0/s1. The summed E-state index contributed by atoms with van der Waals surface area (Å²) in [6.07, 6.45) is -0.452. The van der Waals surface area contributed by atoms with Gasteiger partial charge < -0.3 is 20.0 Å². The Bertz CT molecular complexity index is 465. The molecule has 112 valence electrons. The number of β-amino-alcohol motifs (C(OH)–C–C–N with tert-alkyl or cyclic N) is 1. The fourth-order valence-electron chi connectivity index (χ4n) is 2.80. The van der Waals surface area contributed by atoms with Gasteiger partial charge in [0.1, 0.15) is 5.82 Å². The molecule has 2 N–H and O–H groups in total. The van der Waals surface area contributed by atoms with Crippen LogP contribution in [0.15, 0.2) is 18.2 Å². The van der Waals surface area contributed by atoms with Crippen molar-refractivity contribution < 1.29 is 14.6 Å². The van der Waals surface area contributed by atoms with E-state index in [2.05, 4.69) is 0 Å². The summed E-state index contributed by atoms with van der Waals surface area (Å²) in [5, 5.41) is 19.3. The van der Waals surface area contributed by atoms with Crippen LogP contribution in [0.4, 0.5) is 10.1 Å². The minimum Gasteiger partial charge on any atom is -0.391 e. The van der Waals surface area contributed by atoms with Crippen LogP contribution in [0, 0.1) is 5.82 Å². The van der Waals surface area contributed by atoms with Gasteiger partial charge in [0.2, 0.25) is 0 Å². The Morgan fingerprint density at radius 1 is 1.45 bits per heavy atom. The van der Waals surface area contributed by atoms with Crippen molar-refractivity contribution in [1.29, 1.82) is 0 Å². The molecule has 1 saturated heterocycles. The van der Waals surface area contributed by atoms with Crippen LogP contribution in [0.2, 0.25) is 0 Å². The summed E-state index contributed by atoms with van der Waals surface area (Å²) >= 11 is 0. The van der Waals surface area contributed by atoms with E-state index in [0.29, 0.717) is 24.2 Å². The van der Waals surface area contributed by atoms with E-state index in [1.807, 2.05) is 23.9 Å². The number of hydrogen-bond acceptors (Lipinski definition) is 4. The summed E-state index contributed by atoms with van der Waals surface area (Å²) in [7, 11) is 3.94. The zero-order valence-electron chi connectivity index (χ0n) is 12.3. The van der Waals surface area contributed by atoms with E-state index < -0.39 is 12.2 Å². The van der Waals surface area contributed by atoms with Crippen molar-refractivity contribution in [2.75, 3.05) is 32.1 Å². The monoisotopic (exact) mass is 282 g/mol. The molecule has 5 heteroatoms. The lowest BCUT2D eigenvalue weighted by Gasteiger charge is -2.29. The van der Waals surface area contributed by atoms with Gasteiger partial charge in [0, 0.05) is 19.1 Å². The molecule has 2 rings (SSSR count). The Balaban J connectivity index is 2.25. The molecule has 1 aliphatic rings. The number of hydrogen-bond donors (Lipinski definition) is 2. The zero-order chi connectivity index (χ0) is 14.9. The number of nitrogens with zero attached hydrogens (tertiary/aromatic N) is 2. The molecule has 4 nitrogen and oxygen atoms in total. The molecule has 2 unspecified atom stereocenters. The number of rotatable bonds is 4.